The van der Waals surface area contributed by atoms with Gasteiger partial charge in [-0.2, -0.15) is 0 Å². The first-order valence-electron chi connectivity index (χ1n) is 7.28. The zero-order valence-electron chi connectivity index (χ0n) is 12.5. The van der Waals surface area contributed by atoms with Gasteiger partial charge in [0.05, 0.1) is 5.60 Å². The van der Waals surface area contributed by atoms with Crippen molar-refractivity contribution in [2.75, 3.05) is 24.5 Å². The number of hydrogen-bond donors (Lipinski definition) is 2. The molecule has 3 nitrogen and oxygen atoms in total. The largest absolute Gasteiger partial charge is 0.389 e. The fourth-order valence-corrected chi connectivity index (χ4v) is 2.25. The molecule has 1 unspecified atom stereocenters. The lowest BCUT2D eigenvalue weighted by Crippen LogP contribution is -2.38. The van der Waals surface area contributed by atoms with Crippen LogP contribution in [0.1, 0.15) is 38.7 Å². The summed E-state index contributed by atoms with van der Waals surface area (Å²) in [6.07, 6.45) is 2.45. The van der Waals surface area contributed by atoms with Crippen molar-refractivity contribution in [3.63, 3.8) is 0 Å². The SMILES string of the molecule is CCN(CCCC(O)(CC)CN)c1ccc(C)cc1. The molecule has 19 heavy (non-hydrogen) atoms. The van der Waals surface area contributed by atoms with Crippen LogP contribution in [0, 0.1) is 6.92 Å². The summed E-state index contributed by atoms with van der Waals surface area (Å²) in [4.78, 5) is 2.34. The first-order valence-corrected chi connectivity index (χ1v) is 7.28. The van der Waals surface area contributed by atoms with Crippen LogP contribution < -0.4 is 10.6 Å². The molecule has 0 amide bonds. The van der Waals surface area contributed by atoms with Crippen LogP contribution >= 0.6 is 0 Å². The highest BCUT2D eigenvalue weighted by Crippen LogP contribution is 2.19. The van der Waals surface area contributed by atoms with E-state index in [-0.39, 0.29) is 0 Å². The highest BCUT2D eigenvalue weighted by Gasteiger charge is 2.22. The van der Waals surface area contributed by atoms with Crippen LogP contribution in [0.2, 0.25) is 0 Å². The van der Waals surface area contributed by atoms with Crippen LogP contribution in [0.5, 0.6) is 0 Å². The Labute approximate surface area is 117 Å². The summed E-state index contributed by atoms with van der Waals surface area (Å²) in [6, 6.07) is 8.60. The summed E-state index contributed by atoms with van der Waals surface area (Å²) >= 11 is 0. The summed E-state index contributed by atoms with van der Waals surface area (Å²) in [5.41, 5.74) is 7.47. The van der Waals surface area contributed by atoms with Crippen LogP contribution in [-0.2, 0) is 0 Å². The number of benzene rings is 1. The number of nitrogens with two attached hydrogens (primary N) is 1. The van der Waals surface area contributed by atoms with E-state index in [2.05, 4.69) is 43.0 Å². The smallest absolute Gasteiger partial charge is 0.0767 e. The molecule has 0 bridgehead atoms. The quantitative estimate of drug-likeness (QED) is 0.759. The van der Waals surface area contributed by atoms with E-state index >= 15 is 0 Å². The third-order valence-electron chi connectivity index (χ3n) is 3.89. The van der Waals surface area contributed by atoms with Gasteiger partial charge in [0.25, 0.3) is 0 Å². The molecular weight excluding hydrogens is 236 g/mol. The van der Waals surface area contributed by atoms with Gasteiger partial charge in [-0.3, -0.25) is 0 Å². The van der Waals surface area contributed by atoms with E-state index in [1.165, 1.54) is 11.3 Å². The minimum Gasteiger partial charge on any atom is -0.389 e. The van der Waals surface area contributed by atoms with Crippen molar-refractivity contribution in [1.29, 1.82) is 0 Å². The fourth-order valence-electron chi connectivity index (χ4n) is 2.25. The van der Waals surface area contributed by atoms with Crippen molar-refractivity contribution >= 4 is 5.69 Å². The number of rotatable bonds is 8. The van der Waals surface area contributed by atoms with Crippen molar-refractivity contribution in [3.05, 3.63) is 29.8 Å². The van der Waals surface area contributed by atoms with Crippen LogP contribution in [0.3, 0.4) is 0 Å². The van der Waals surface area contributed by atoms with Crippen molar-refractivity contribution in [3.8, 4) is 0 Å². The van der Waals surface area contributed by atoms with E-state index < -0.39 is 5.60 Å². The standard InChI is InChI=1S/C16H28N2O/c1-4-16(19,13-17)11-6-12-18(5-2)15-9-7-14(3)8-10-15/h7-10,19H,4-6,11-13,17H2,1-3H3. The van der Waals surface area contributed by atoms with Gasteiger partial charge in [-0.25, -0.2) is 0 Å². The number of aliphatic hydroxyl groups is 1. The van der Waals surface area contributed by atoms with E-state index in [1.807, 2.05) is 6.92 Å². The molecule has 1 rings (SSSR count). The fraction of sp³-hybridized carbons (Fsp3) is 0.625. The van der Waals surface area contributed by atoms with Crippen LogP contribution in [-0.4, -0.2) is 30.3 Å². The molecule has 0 radical (unpaired) electrons. The van der Waals surface area contributed by atoms with Gasteiger partial charge in [0.1, 0.15) is 0 Å². The molecule has 1 aromatic carbocycles. The zero-order valence-corrected chi connectivity index (χ0v) is 12.5. The Morgan fingerprint density at radius 2 is 1.84 bits per heavy atom. The van der Waals surface area contributed by atoms with Crippen molar-refractivity contribution in [2.45, 2.75) is 45.6 Å². The predicted molar refractivity (Wildman–Crippen MR) is 82.6 cm³/mol. The van der Waals surface area contributed by atoms with Crippen LogP contribution in [0.25, 0.3) is 0 Å². The van der Waals surface area contributed by atoms with Gasteiger partial charge < -0.3 is 15.7 Å². The summed E-state index contributed by atoms with van der Waals surface area (Å²) in [6.45, 7) is 8.54. The second kappa shape index (κ2) is 7.51. The molecule has 0 saturated heterocycles. The minimum atomic E-state index is -0.688. The average Bonchev–Trinajstić information content (AvgIpc) is 2.44. The monoisotopic (exact) mass is 264 g/mol. The highest BCUT2D eigenvalue weighted by atomic mass is 16.3. The third kappa shape index (κ3) is 4.84. The lowest BCUT2D eigenvalue weighted by atomic mass is 9.95. The number of anilines is 1. The molecule has 1 atom stereocenters. The molecule has 0 fully saturated rings. The first kappa shape index (κ1) is 16.0. The van der Waals surface area contributed by atoms with Gasteiger partial charge >= 0.3 is 0 Å². The maximum atomic E-state index is 10.2. The van der Waals surface area contributed by atoms with E-state index in [9.17, 15) is 5.11 Å². The minimum absolute atomic E-state index is 0.347. The normalized spacial score (nSPS) is 14.2. The van der Waals surface area contributed by atoms with Gasteiger partial charge in [-0.1, -0.05) is 24.6 Å². The molecule has 0 aliphatic rings. The van der Waals surface area contributed by atoms with Crippen LogP contribution in [0.15, 0.2) is 24.3 Å². The van der Waals surface area contributed by atoms with E-state index in [4.69, 9.17) is 5.73 Å². The summed E-state index contributed by atoms with van der Waals surface area (Å²) < 4.78 is 0. The molecule has 3 N–H and O–H groups in total. The Bertz CT molecular complexity index is 358. The van der Waals surface area contributed by atoms with Gasteiger partial charge in [0, 0.05) is 25.3 Å². The Morgan fingerprint density at radius 1 is 1.21 bits per heavy atom. The predicted octanol–water partition coefficient (Wildman–Crippen LogP) is 2.70. The molecule has 1 aromatic rings. The topological polar surface area (TPSA) is 49.5 Å². The Morgan fingerprint density at radius 3 is 2.32 bits per heavy atom. The first-order chi connectivity index (χ1) is 9.04. The molecule has 0 aliphatic heterocycles. The average molecular weight is 264 g/mol. The van der Waals surface area contributed by atoms with Crippen molar-refractivity contribution in [1.82, 2.24) is 0 Å². The van der Waals surface area contributed by atoms with E-state index in [0.29, 0.717) is 6.54 Å². The number of aryl methyl sites for hydroxylation is 1. The summed E-state index contributed by atoms with van der Waals surface area (Å²) in [7, 11) is 0. The Hall–Kier alpha value is -1.06. The van der Waals surface area contributed by atoms with Gasteiger partial charge in [-0.15, -0.1) is 0 Å². The molecule has 0 aromatic heterocycles. The molecule has 0 saturated carbocycles. The van der Waals surface area contributed by atoms with E-state index in [1.54, 1.807) is 0 Å². The highest BCUT2D eigenvalue weighted by molar-refractivity contribution is 5.47. The van der Waals surface area contributed by atoms with Gasteiger partial charge in [-0.05, 0) is 45.2 Å². The molecule has 3 heteroatoms. The second-order valence-electron chi connectivity index (χ2n) is 5.30. The summed E-state index contributed by atoms with van der Waals surface area (Å²) in [5, 5.41) is 10.2. The Balaban J connectivity index is 2.52. The Kier molecular flexibility index (Phi) is 6.32. The zero-order chi connectivity index (χ0) is 14.3. The molecule has 108 valence electrons. The van der Waals surface area contributed by atoms with Gasteiger partial charge in [0.2, 0.25) is 0 Å². The second-order valence-corrected chi connectivity index (χ2v) is 5.30. The maximum Gasteiger partial charge on any atom is 0.0767 e. The van der Waals surface area contributed by atoms with Crippen molar-refractivity contribution in [2.24, 2.45) is 5.73 Å². The van der Waals surface area contributed by atoms with Gasteiger partial charge in [0.15, 0.2) is 0 Å². The third-order valence-corrected chi connectivity index (χ3v) is 3.89. The summed E-state index contributed by atoms with van der Waals surface area (Å²) in [5.74, 6) is 0. The van der Waals surface area contributed by atoms with E-state index in [0.717, 1.165) is 32.4 Å². The molecule has 0 heterocycles. The molecule has 0 spiro atoms. The number of nitrogens with zero attached hydrogens (tertiary/aromatic N) is 1. The molecular formula is C16H28N2O. The van der Waals surface area contributed by atoms with Crippen LogP contribution in [0.4, 0.5) is 5.69 Å². The maximum absolute atomic E-state index is 10.2. The lowest BCUT2D eigenvalue weighted by molar-refractivity contribution is 0.0350. The molecule has 0 aliphatic carbocycles. The number of hydrogen-bond acceptors (Lipinski definition) is 3. The van der Waals surface area contributed by atoms with Crippen molar-refractivity contribution < 1.29 is 5.11 Å². The lowest BCUT2D eigenvalue weighted by Gasteiger charge is -2.28.